The molecule has 2 atom stereocenters. The van der Waals surface area contributed by atoms with Crippen LogP contribution >= 0.6 is 0 Å². The topological polar surface area (TPSA) is 123 Å². The van der Waals surface area contributed by atoms with Crippen LogP contribution in [0.25, 0.3) is 17.0 Å². The number of fused-ring (bicyclic) bond motifs is 3. The van der Waals surface area contributed by atoms with E-state index in [1.54, 1.807) is 12.3 Å². The highest BCUT2D eigenvalue weighted by atomic mass is 19.4. The molecule has 1 fully saturated rings. The minimum atomic E-state index is -4.41. The molecule has 10 heteroatoms. The van der Waals surface area contributed by atoms with Gasteiger partial charge in [0, 0.05) is 29.6 Å². The zero-order valence-corrected chi connectivity index (χ0v) is 16.9. The third-order valence-electron chi connectivity index (χ3n) is 6.11. The van der Waals surface area contributed by atoms with Gasteiger partial charge in [0.15, 0.2) is 0 Å². The summed E-state index contributed by atoms with van der Waals surface area (Å²) in [5, 5.41) is 3.05. The molecular weight excluding hydrogens is 421 g/mol. The number of nitrogen functional groups attached to an aromatic ring is 1. The molecular formula is C22H21F3N6O. The number of allylic oxidation sites excluding steroid dienone is 1. The summed E-state index contributed by atoms with van der Waals surface area (Å²) in [6, 6.07) is 1.91. The third-order valence-corrected chi connectivity index (χ3v) is 6.11. The first-order valence-electron chi connectivity index (χ1n) is 10.3. The maximum absolute atomic E-state index is 13.6. The van der Waals surface area contributed by atoms with Gasteiger partial charge in [0.1, 0.15) is 17.7 Å². The maximum Gasteiger partial charge on any atom is 0.408 e. The molecule has 5 rings (SSSR count). The van der Waals surface area contributed by atoms with Crippen molar-refractivity contribution in [2.75, 3.05) is 11.1 Å². The van der Waals surface area contributed by atoms with Crippen LogP contribution < -0.4 is 16.8 Å². The quantitative estimate of drug-likeness (QED) is 0.479. The number of H-pyrrole nitrogens is 1. The van der Waals surface area contributed by atoms with E-state index in [2.05, 4.69) is 20.3 Å². The number of pyridine rings is 2. The van der Waals surface area contributed by atoms with Crippen LogP contribution in [0.1, 0.15) is 45.9 Å². The molecule has 2 unspecified atom stereocenters. The summed E-state index contributed by atoms with van der Waals surface area (Å²) < 4.78 is 40.9. The molecule has 3 heterocycles. The van der Waals surface area contributed by atoms with Crippen LogP contribution in [0.4, 0.5) is 24.8 Å². The number of nitrogens with zero attached hydrogens (tertiary/aromatic N) is 2. The van der Waals surface area contributed by atoms with Gasteiger partial charge in [0.05, 0.1) is 16.5 Å². The van der Waals surface area contributed by atoms with Gasteiger partial charge in [-0.15, -0.1) is 0 Å². The Morgan fingerprint density at radius 1 is 1.22 bits per heavy atom. The van der Waals surface area contributed by atoms with Crippen LogP contribution in [0.15, 0.2) is 30.6 Å². The Morgan fingerprint density at radius 2 is 2.00 bits per heavy atom. The molecule has 2 aliphatic carbocycles. The summed E-state index contributed by atoms with van der Waals surface area (Å²) in [7, 11) is 0. The zero-order chi connectivity index (χ0) is 22.6. The molecule has 2 aliphatic rings. The number of carbonyl (C=O) groups excluding carboxylic acids is 1. The summed E-state index contributed by atoms with van der Waals surface area (Å²) in [6.45, 7) is 0. The van der Waals surface area contributed by atoms with Crippen molar-refractivity contribution >= 4 is 34.5 Å². The lowest BCUT2D eigenvalue weighted by Crippen LogP contribution is -2.38. The lowest BCUT2D eigenvalue weighted by atomic mass is 9.88. The van der Waals surface area contributed by atoms with E-state index in [9.17, 15) is 18.0 Å². The molecule has 3 aromatic rings. The normalized spacial score (nSPS) is 19.0. The van der Waals surface area contributed by atoms with E-state index >= 15 is 0 Å². The predicted octanol–water partition coefficient (Wildman–Crippen LogP) is 3.74. The largest absolute Gasteiger partial charge is 0.408 e. The summed E-state index contributed by atoms with van der Waals surface area (Å²) in [5.74, 6) is -0.670. The monoisotopic (exact) mass is 442 g/mol. The molecule has 0 aliphatic heterocycles. The van der Waals surface area contributed by atoms with Gasteiger partial charge in [-0.2, -0.15) is 13.2 Å². The van der Waals surface area contributed by atoms with Crippen LogP contribution in [-0.4, -0.2) is 33.1 Å². The Balaban J connectivity index is 1.59. The van der Waals surface area contributed by atoms with Crippen molar-refractivity contribution in [1.29, 1.82) is 0 Å². The van der Waals surface area contributed by atoms with Gasteiger partial charge in [0.2, 0.25) is 0 Å². The SMILES string of the molecule is NC(=O)c1cnc(NC(C2CC2)C(F)(F)F)c2c3c([nH]c12)CC(c1ccc(N)nc1)C=C3. The van der Waals surface area contributed by atoms with E-state index in [-0.39, 0.29) is 17.3 Å². The van der Waals surface area contributed by atoms with Gasteiger partial charge in [-0.25, -0.2) is 9.97 Å². The van der Waals surface area contributed by atoms with E-state index in [0.29, 0.717) is 41.5 Å². The Labute approximate surface area is 181 Å². The first-order valence-corrected chi connectivity index (χ1v) is 10.3. The van der Waals surface area contributed by atoms with Crippen molar-refractivity contribution in [2.45, 2.75) is 37.4 Å². The molecule has 7 nitrogen and oxygen atoms in total. The van der Waals surface area contributed by atoms with E-state index < -0.39 is 24.0 Å². The molecule has 166 valence electrons. The number of hydrogen-bond donors (Lipinski definition) is 4. The van der Waals surface area contributed by atoms with E-state index in [4.69, 9.17) is 11.5 Å². The average molecular weight is 442 g/mol. The first-order chi connectivity index (χ1) is 15.2. The molecule has 3 aromatic heterocycles. The summed E-state index contributed by atoms with van der Waals surface area (Å²) in [4.78, 5) is 23.5. The molecule has 0 aromatic carbocycles. The smallest absolute Gasteiger partial charge is 0.384 e. The van der Waals surface area contributed by atoms with Gasteiger partial charge < -0.3 is 21.8 Å². The highest BCUT2D eigenvalue weighted by Gasteiger charge is 2.49. The number of nitrogens with two attached hydrogens (primary N) is 2. The van der Waals surface area contributed by atoms with Gasteiger partial charge in [-0.3, -0.25) is 4.79 Å². The Morgan fingerprint density at radius 3 is 2.62 bits per heavy atom. The molecule has 0 saturated heterocycles. The predicted molar refractivity (Wildman–Crippen MR) is 115 cm³/mol. The van der Waals surface area contributed by atoms with E-state index in [1.807, 2.05) is 18.2 Å². The van der Waals surface area contributed by atoms with Crippen LogP contribution in [0, 0.1) is 5.92 Å². The number of amides is 1. The van der Waals surface area contributed by atoms with E-state index in [0.717, 1.165) is 11.3 Å². The minimum absolute atomic E-state index is 0.000513. The molecule has 0 spiro atoms. The number of aromatic nitrogens is 3. The second kappa shape index (κ2) is 7.25. The lowest BCUT2D eigenvalue weighted by molar-refractivity contribution is -0.146. The fourth-order valence-electron chi connectivity index (χ4n) is 4.32. The Bertz CT molecular complexity index is 1230. The van der Waals surface area contributed by atoms with Crippen molar-refractivity contribution in [1.82, 2.24) is 15.0 Å². The van der Waals surface area contributed by atoms with E-state index in [1.165, 1.54) is 6.20 Å². The number of carbonyl (C=O) groups is 1. The summed E-state index contributed by atoms with van der Waals surface area (Å²) >= 11 is 0. The standard InChI is InChI=1S/C22H21F3N6O/c23-22(24,25)19(10-1-2-10)31-21-17-13-5-3-11(12-4-6-16(26)28-8-12)7-15(13)30-18(17)14(9-29-21)20(27)32/h3-6,8-11,19,30H,1-2,7H2,(H2,26,28)(H2,27,32)(H,29,31). The molecule has 0 bridgehead atoms. The van der Waals surface area contributed by atoms with Crippen molar-refractivity contribution < 1.29 is 18.0 Å². The molecule has 1 amide bonds. The van der Waals surface area contributed by atoms with Crippen LogP contribution in [0.5, 0.6) is 0 Å². The van der Waals surface area contributed by atoms with Crippen molar-refractivity contribution in [3.63, 3.8) is 0 Å². The number of alkyl halides is 3. The number of aromatic amines is 1. The van der Waals surface area contributed by atoms with Crippen molar-refractivity contribution in [3.8, 4) is 0 Å². The Hall–Kier alpha value is -3.56. The maximum atomic E-state index is 13.6. The molecule has 0 radical (unpaired) electrons. The molecule has 6 N–H and O–H groups in total. The second-order valence-electron chi connectivity index (χ2n) is 8.34. The van der Waals surface area contributed by atoms with Gasteiger partial charge >= 0.3 is 6.18 Å². The number of nitrogens with one attached hydrogen (secondary N) is 2. The number of primary amides is 1. The van der Waals surface area contributed by atoms with Gasteiger partial charge in [-0.05, 0) is 36.8 Å². The van der Waals surface area contributed by atoms with Gasteiger partial charge in [-0.1, -0.05) is 18.2 Å². The second-order valence-corrected chi connectivity index (χ2v) is 8.34. The van der Waals surface area contributed by atoms with Crippen LogP contribution in [0.2, 0.25) is 0 Å². The number of rotatable bonds is 5. The summed E-state index contributed by atoms with van der Waals surface area (Å²) in [6.07, 6.45) is 3.91. The highest BCUT2D eigenvalue weighted by Crippen LogP contribution is 2.43. The minimum Gasteiger partial charge on any atom is -0.384 e. The average Bonchev–Trinajstić information content (AvgIpc) is 3.50. The highest BCUT2D eigenvalue weighted by molar-refractivity contribution is 6.10. The lowest BCUT2D eigenvalue weighted by Gasteiger charge is -2.23. The number of hydrogen-bond acceptors (Lipinski definition) is 5. The fraction of sp³-hybridized carbons (Fsp3) is 0.318. The van der Waals surface area contributed by atoms with Crippen LogP contribution in [-0.2, 0) is 6.42 Å². The van der Waals surface area contributed by atoms with Gasteiger partial charge in [0.25, 0.3) is 5.91 Å². The molecule has 1 saturated carbocycles. The van der Waals surface area contributed by atoms with Crippen molar-refractivity contribution in [2.24, 2.45) is 11.7 Å². The molecule has 32 heavy (non-hydrogen) atoms. The third kappa shape index (κ3) is 3.55. The fourth-order valence-corrected chi connectivity index (χ4v) is 4.32. The summed E-state index contributed by atoms with van der Waals surface area (Å²) in [5.41, 5.74) is 14.1. The zero-order valence-electron chi connectivity index (χ0n) is 16.9. The Kier molecular flexibility index (Phi) is 4.61. The number of halogens is 3. The first kappa shape index (κ1) is 20.3. The van der Waals surface area contributed by atoms with Crippen LogP contribution in [0.3, 0.4) is 0 Å². The van der Waals surface area contributed by atoms with Crippen molar-refractivity contribution in [3.05, 3.63) is 53.0 Å². The number of anilines is 2.